The van der Waals surface area contributed by atoms with Crippen molar-refractivity contribution in [2.75, 3.05) is 11.7 Å². The fourth-order valence-corrected chi connectivity index (χ4v) is 2.36. The Labute approximate surface area is 138 Å². The van der Waals surface area contributed by atoms with Crippen molar-refractivity contribution in [3.63, 3.8) is 0 Å². The van der Waals surface area contributed by atoms with Gasteiger partial charge in [0.15, 0.2) is 0 Å². The fourth-order valence-electron chi connectivity index (χ4n) is 1.95. The van der Waals surface area contributed by atoms with E-state index in [-0.39, 0.29) is 0 Å². The second-order valence-electron chi connectivity index (χ2n) is 4.67. The first-order valence-corrected chi connectivity index (χ1v) is 8.26. The van der Waals surface area contributed by atoms with Crippen molar-refractivity contribution in [2.45, 2.75) is 4.90 Å². The molecule has 3 aromatic rings. The molecule has 0 amide bonds. The molecule has 0 saturated carbocycles. The second kappa shape index (κ2) is 7.51. The molecule has 0 saturated heterocycles. The minimum atomic E-state index is 0.364. The second-order valence-corrected chi connectivity index (χ2v) is 5.55. The summed E-state index contributed by atoms with van der Waals surface area (Å²) >= 11 is 1.71. The Balaban J connectivity index is 1.69. The third-order valence-electron chi connectivity index (χ3n) is 3.12. The molecule has 0 unspecified atom stereocenters. The summed E-state index contributed by atoms with van der Waals surface area (Å²) in [6.45, 7) is 0. The number of nitrogens with one attached hydrogen (secondary N) is 1. The number of hydrogen-bond acceptors (Lipinski definition) is 6. The van der Waals surface area contributed by atoms with E-state index >= 15 is 0 Å². The van der Waals surface area contributed by atoms with Crippen molar-refractivity contribution in [3.8, 4) is 11.3 Å². The van der Waals surface area contributed by atoms with Crippen LogP contribution in [0.4, 0.5) is 5.95 Å². The predicted octanol–water partition coefficient (Wildman–Crippen LogP) is 3.71. The van der Waals surface area contributed by atoms with Gasteiger partial charge in [0.1, 0.15) is 0 Å². The molecule has 3 rings (SSSR count). The highest BCUT2D eigenvalue weighted by Crippen LogP contribution is 2.16. The van der Waals surface area contributed by atoms with Crippen LogP contribution in [0.15, 0.2) is 70.8 Å². The maximum atomic E-state index is 4.40. The summed E-state index contributed by atoms with van der Waals surface area (Å²) in [4.78, 5) is 5.62. The van der Waals surface area contributed by atoms with Crippen molar-refractivity contribution < 1.29 is 0 Å². The van der Waals surface area contributed by atoms with Gasteiger partial charge in [-0.05, 0) is 24.0 Å². The lowest BCUT2D eigenvalue weighted by Gasteiger charge is -2.02. The smallest absolute Gasteiger partial charge is 0.244 e. The third-order valence-corrected chi connectivity index (χ3v) is 3.87. The third kappa shape index (κ3) is 4.14. The van der Waals surface area contributed by atoms with E-state index in [0.29, 0.717) is 5.95 Å². The highest BCUT2D eigenvalue weighted by Gasteiger charge is 2.01. The Bertz CT molecular complexity index is 788. The molecule has 1 N–H and O–H groups in total. The SMILES string of the molecule is CSc1ccc(/C=N/Nc2nncc(-c3ccccc3)n2)cc1. The van der Waals surface area contributed by atoms with E-state index in [1.807, 2.05) is 42.5 Å². The maximum absolute atomic E-state index is 4.40. The van der Waals surface area contributed by atoms with Crippen LogP contribution < -0.4 is 5.43 Å². The molecular formula is C17H15N5S. The zero-order valence-corrected chi connectivity index (χ0v) is 13.4. The van der Waals surface area contributed by atoms with Gasteiger partial charge in [0.25, 0.3) is 5.95 Å². The van der Waals surface area contributed by atoms with Gasteiger partial charge >= 0.3 is 0 Å². The van der Waals surface area contributed by atoms with Gasteiger partial charge in [-0.3, -0.25) is 0 Å². The lowest BCUT2D eigenvalue weighted by Crippen LogP contribution is -1.99. The summed E-state index contributed by atoms with van der Waals surface area (Å²) in [6.07, 6.45) is 5.41. The zero-order valence-electron chi connectivity index (χ0n) is 12.5. The van der Waals surface area contributed by atoms with Crippen LogP contribution in [0, 0.1) is 0 Å². The monoisotopic (exact) mass is 321 g/mol. The Morgan fingerprint density at radius 1 is 1.04 bits per heavy atom. The van der Waals surface area contributed by atoms with Gasteiger partial charge in [0, 0.05) is 10.5 Å². The van der Waals surface area contributed by atoms with Gasteiger partial charge in [-0.15, -0.1) is 16.9 Å². The molecule has 114 valence electrons. The number of thioether (sulfide) groups is 1. The first-order valence-electron chi connectivity index (χ1n) is 7.03. The van der Waals surface area contributed by atoms with E-state index in [4.69, 9.17) is 0 Å². The molecule has 0 aliphatic carbocycles. The van der Waals surface area contributed by atoms with E-state index in [1.54, 1.807) is 24.2 Å². The molecule has 0 spiro atoms. The average Bonchev–Trinajstić information content (AvgIpc) is 2.63. The number of hydrazone groups is 1. The fraction of sp³-hybridized carbons (Fsp3) is 0.0588. The number of nitrogens with zero attached hydrogens (tertiary/aromatic N) is 4. The first kappa shape index (κ1) is 15.2. The molecule has 1 aromatic heterocycles. The topological polar surface area (TPSA) is 63.1 Å². The van der Waals surface area contributed by atoms with Crippen LogP contribution in [-0.4, -0.2) is 27.7 Å². The van der Waals surface area contributed by atoms with Crippen LogP contribution in [0.3, 0.4) is 0 Å². The van der Waals surface area contributed by atoms with E-state index in [1.165, 1.54) is 4.90 Å². The number of benzene rings is 2. The standard InChI is InChI=1S/C17H15N5S/c1-23-15-9-7-13(8-10-15)11-18-21-17-20-16(12-19-22-17)14-5-3-2-4-6-14/h2-12H,1H3,(H,20,21,22)/b18-11+. The summed E-state index contributed by atoms with van der Waals surface area (Å²) < 4.78 is 0. The van der Waals surface area contributed by atoms with Crippen LogP contribution >= 0.6 is 11.8 Å². The molecule has 0 fully saturated rings. The van der Waals surface area contributed by atoms with Crippen molar-refractivity contribution in [1.82, 2.24) is 15.2 Å². The van der Waals surface area contributed by atoms with E-state index in [0.717, 1.165) is 16.8 Å². The van der Waals surface area contributed by atoms with E-state index in [9.17, 15) is 0 Å². The molecule has 23 heavy (non-hydrogen) atoms. The van der Waals surface area contributed by atoms with E-state index < -0.39 is 0 Å². The van der Waals surface area contributed by atoms with Crippen molar-refractivity contribution >= 4 is 23.9 Å². The Hall–Kier alpha value is -2.73. The molecule has 6 heteroatoms. The number of rotatable bonds is 5. The maximum Gasteiger partial charge on any atom is 0.263 e. The molecular weight excluding hydrogens is 306 g/mol. The van der Waals surface area contributed by atoms with Crippen LogP contribution in [0.2, 0.25) is 0 Å². The van der Waals surface area contributed by atoms with Crippen molar-refractivity contribution in [2.24, 2.45) is 5.10 Å². The van der Waals surface area contributed by atoms with Gasteiger partial charge in [0.05, 0.1) is 18.1 Å². The molecule has 5 nitrogen and oxygen atoms in total. The van der Waals surface area contributed by atoms with Gasteiger partial charge in [0.2, 0.25) is 0 Å². The summed E-state index contributed by atoms with van der Waals surface area (Å²) in [5, 5.41) is 12.0. The summed E-state index contributed by atoms with van der Waals surface area (Å²) in [5.74, 6) is 0.364. The number of hydrogen-bond donors (Lipinski definition) is 1. The minimum absolute atomic E-state index is 0.364. The van der Waals surface area contributed by atoms with Gasteiger partial charge < -0.3 is 0 Å². The average molecular weight is 321 g/mol. The Morgan fingerprint density at radius 3 is 2.57 bits per heavy atom. The van der Waals surface area contributed by atoms with Crippen molar-refractivity contribution in [1.29, 1.82) is 0 Å². The van der Waals surface area contributed by atoms with Crippen LogP contribution in [-0.2, 0) is 0 Å². The number of aromatic nitrogens is 3. The molecule has 2 aromatic carbocycles. The lowest BCUT2D eigenvalue weighted by atomic mass is 10.2. The highest BCUT2D eigenvalue weighted by atomic mass is 32.2. The highest BCUT2D eigenvalue weighted by molar-refractivity contribution is 7.98. The minimum Gasteiger partial charge on any atom is -0.244 e. The largest absolute Gasteiger partial charge is 0.263 e. The Morgan fingerprint density at radius 2 is 1.83 bits per heavy atom. The molecule has 0 radical (unpaired) electrons. The molecule has 0 bridgehead atoms. The predicted molar refractivity (Wildman–Crippen MR) is 94.7 cm³/mol. The van der Waals surface area contributed by atoms with Crippen LogP contribution in [0.25, 0.3) is 11.3 Å². The van der Waals surface area contributed by atoms with E-state index in [2.05, 4.69) is 44.1 Å². The van der Waals surface area contributed by atoms with Crippen molar-refractivity contribution in [3.05, 3.63) is 66.4 Å². The molecule has 1 heterocycles. The molecule has 0 atom stereocenters. The quantitative estimate of drug-likeness (QED) is 0.441. The van der Waals surface area contributed by atoms with Gasteiger partial charge in [-0.2, -0.15) is 10.2 Å². The summed E-state index contributed by atoms with van der Waals surface area (Å²) in [6, 6.07) is 18.0. The van der Waals surface area contributed by atoms with Gasteiger partial charge in [-0.1, -0.05) is 42.5 Å². The van der Waals surface area contributed by atoms with Crippen LogP contribution in [0.1, 0.15) is 5.56 Å². The lowest BCUT2D eigenvalue weighted by molar-refractivity contribution is 0.967. The Kier molecular flexibility index (Phi) is 4.95. The summed E-state index contributed by atoms with van der Waals surface area (Å²) in [5.41, 5.74) is 5.55. The molecule has 0 aliphatic rings. The first-order chi connectivity index (χ1) is 11.3. The summed E-state index contributed by atoms with van der Waals surface area (Å²) in [7, 11) is 0. The van der Waals surface area contributed by atoms with Crippen LogP contribution in [0.5, 0.6) is 0 Å². The molecule has 0 aliphatic heterocycles. The number of anilines is 1. The van der Waals surface area contributed by atoms with Gasteiger partial charge in [-0.25, -0.2) is 10.4 Å². The normalized spacial score (nSPS) is 10.8. The zero-order chi connectivity index (χ0) is 15.9.